The van der Waals surface area contributed by atoms with E-state index >= 15 is 0 Å². The molecule has 2 aromatic rings. The molecule has 0 amide bonds. The fraction of sp³-hybridized carbons (Fsp3) is 0.0625. The minimum Gasteiger partial charge on any atom is -0.426 e. The highest BCUT2D eigenvalue weighted by molar-refractivity contribution is 5.94. The Bertz CT molecular complexity index is 714. The van der Waals surface area contributed by atoms with Crippen LogP contribution in [-0.4, -0.2) is 11.9 Å². The number of benzene rings is 2. The first kappa shape index (κ1) is 14.3. The van der Waals surface area contributed by atoms with E-state index in [9.17, 15) is 9.59 Å². The van der Waals surface area contributed by atoms with Gasteiger partial charge in [-0.15, -0.1) is 0 Å². The number of nitrogens with zero attached hydrogens (tertiary/aromatic N) is 1. The topological polar surface area (TPSA) is 76.4 Å². The maximum Gasteiger partial charge on any atom is 0.347 e. The number of para-hydroxylation sites is 1. The zero-order valence-electron chi connectivity index (χ0n) is 11.2. The van der Waals surface area contributed by atoms with Gasteiger partial charge in [0.15, 0.2) is 0 Å². The molecule has 2 aromatic carbocycles. The zero-order chi connectivity index (χ0) is 15.2. The Labute approximate surface area is 121 Å². The van der Waals surface area contributed by atoms with Gasteiger partial charge in [0.25, 0.3) is 0 Å². The lowest BCUT2D eigenvalue weighted by Gasteiger charge is -2.08. The number of hydrogen-bond acceptors (Lipinski definition) is 5. The summed E-state index contributed by atoms with van der Waals surface area (Å²) in [4.78, 5) is 23.1. The van der Waals surface area contributed by atoms with E-state index in [1.54, 1.807) is 24.3 Å². The van der Waals surface area contributed by atoms with Crippen LogP contribution in [-0.2, 0) is 4.79 Å². The number of nitriles is 1. The molecule has 0 aromatic heterocycles. The first-order valence-corrected chi connectivity index (χ1v) is 6.10. The molecule has 0 aliphatic heterocycles. The Hall–Kier alpha value is -3.13. The predicted molar refractivity (Wildman–Crippen MR) is 73.9 cm³/mol. The molecule has 0 N–H and O–H groups in total. The van der Waals surface area contributed by atoms with Crippen LogP contribution in [0, 0.1) is 11.3 Å². The third kappa shape index (κ3) is 3.67. The summed E-state index contributed by atoms with van der Waals surface area (Å²) in [5.74, 6) is -0.717. The van der Waals surface area contributed by atoms with Gasteiger partial charge in [-0.25, -0.2) is 4.79 Å². The minimum atomic E-state index is -0.642. The number of hydrogen-bond donors (Lipinski definition) is 0. The van der Waals surface area contributed by atoms with Crippen LogP contribution in [0.5, 0.6) is 11.5 Å². The molecule has 0 heterocycles. The van der Waals surface area contributed by atoms with Crippen molar-refractivity contribution in [2.45, 2.75) is 6.92 Å². The molecule has 0 spiro atoms. The molecule has 0 saturated heterocycles. The Morgan fingerprint density at radius 3 is 2.29 bits per heavy atom. The molecule has 2 rings (SSSR count). The third-order valence-electron chi connectivity index (χ3n) is 2.55. The number of carbonyl (C=O) groups is 2. The fourth-order valence-corrected chi connectivity index (χ4v) is 1.64. The van der Waals surface area contributed by atoms with Crippen molar-refractivity contribution in [3.05, 3.63) is 59.7 Å². The summed E-state index contributed by atoms with van der Waals surface area (Å²) in [6.07, 6.45) is 0. The molecule has 0 atom stereocenters. The van der Waals surface area contributed by atoms with Crippen molar-refractivity contribution < 1.29 is 19.1 Å². The Balaban J connectivity index is 2.20. The van der Waals surface area contributed by atoms with Crippen molar-refractivity contribution in [3.63, 3.8) is 0 Å². The van der Waals surface area contributed by atoms with Crippen molar-refractivity contribution in [1.29, 1.82) is 5.26 Å². The second kappa shape index (κ2) is 6.35. The summed E-state index contributed by atoms with van der Waals surface area (Å²) in [6.45, 7) is 1.25. The SMILES string of the molecule is CC(=O)Oc1ccccc1C(=O)Oc1ccc(C#N)cc1. The maximum absolute atomic E-state index is 12.1. The molecular formula is C16H11NO4. The molecule has 5 heteroatoms. The van der Waals surface area contributed by atoms with E-state index in [0.29, 0.717) is 11.3 Å². The number of rotatable bonds is 3. The van der Waals surface area contributed by atoms with Crippen molar-refractivity contribution in [3.8, 4) is 17.6 Å². The van der Waals surface area contributed by atoms with Gasteiger partial charge >= 0.3 is 11.9 Å². The Kier molecular flexibility index (Phi) is 4.32. The lowest BCUT2D eigenvalue weighted by Crippen LogP contribution is -2.12. The average Bonchev–Trinajstić information content (AvgIpc) is 2.48. The highest BCUT2D eigenvalue weighted by Gasteiger charge is 2.15. The van der Waals surface area contributed by atoms with Crippen LogP contribution in [0.2, 0.25) is 0 Å². The second-order valence-electron chi connectivity index (χ2n) is 4.12. The largest absolute Gasteiger partial charge is 0.426 e. The average molecular weight is 281 g/mol. The Morgan fingerprint density at radius 1 is 1.00 bits per heavy atom. The molecule has 0 aliphatic carbocycles. The molecule has 0 unspecified atom stereocenters. The van der Waals surface area contributed by atoms with Gasteiger partial charge in [0.05, 0.1) is 11.6 Å². The van der Waals surface area contributed by atoms with Gasteiger partial charge < -0.3 is 9.47 Å². The lowest BCUT2D eigenvalue weighted by molar-refractivity contribution is -0.131. The molecule has 0 radical (unpaired) electrons. The first-order chi connectivity index (χ1) is 10.1. The van der Waals surface area contributed by atoms with E-state index in [-0.39, 0.29) is 11.3 Å². The summed E-state index contributed by atoms with van der Waals surface area (Å²) in [6, 6.07) is 14.4. The Morgan fingerprint density at radius 2 is 1.67 bits per heavy atom. The van der Waals surface area contributed by atoms with Crippen LogP contribution in [0.25, 0.3) is 0 Å². The second-order valence-corrected chi connectivity index (χ2v) is 4.12. The van der Waals surface area contributed by atoms with Gasteiger partial charge in [-0.2, -0.15) is 5.26 Å². The summed E-state index contributed by atoms with van der Waals surface area (Å²) in [5.41, 5.74) is 0.618. The van der Waals surface area contributed by atoms with Crippen LogP contribution in [0.15, 0.2) is 48.5 Å². The van der Waals surface area contributed by atoms with E-state index < -0.39 is 11.9 Å². The smallest absolute Gasteiger partial charge is 0.347 e. The van der Waals surface area contributed by atoms with Crippen molar-refractivity contribution in [1.82, 2.24) is 0 Å². The predicted octanol–water partition coefficient (Wildman–Crippen LogP) is 2.70. The maximum atomic E-state index is 12.1. The number of ether oxygens (including phenoxy) is 2. The summed E-state index contributed by atoms with van der Waals surface area (Å²) >= 11 is 0. The molecule has 5 nitrogen and oxygen atoms in total. The summed E-state index contributed by atoms with van der Waals surface area (Å²) in [7, 11) is 0. The number of esters is 2. The van der Waals surface area contributed by atoms with E-state index in [4.69, 9.17) is 14.7 Å². The van der Waals surface area contributed by atoms with Gasteiger partial charge in [-0.1, -0.05) is 12.1 Å². The van der Waals surface area contributed by atoms with Crippen LogP contribution < -0.4 is 9.47 Å². The molecule has 104 valence electrons. The summed E-state index contributed by atoms with van der Waals surface area (Å²) < 4.78 is 10.1. The molecule has 0 aliphatic rings. The number of carbonyl (C=O) groups excluding carboxylic acids is 2. The lowest BCUT2D eigenvalue weighted by atomic mass is 10.2. The highest BCUT2D eigenvalue weighted by atomic mass is 16.5. The van der Waals surface area contributed by atoms with Gasteiger partial charge in [0, 0.05) is 6.92 Å². The van der Waals surface area contributed by atoms with Gasteiger partial charge in [-0.3, -0.25) is 4.79 Å². The summed E-state index contributed by atoms with van der Waals surface area (Å²) in [5, 5.41) is 8.70. The minimum absolute atomic E-state index is 0.142. The molecule has 21 heavy (non-hydrogen) atoms. The van der Waals surface area contributed by atoms with Crippen LogP contribution in [0.1, 0.15) is 22.8 Å². The van der Waals surface area contributed by atoms with Crippen molar-refractivity contribution >= 4 is 11.9 Å². The molecule has 0 bridgehead atoms. The highest BCUT2D eigenvalue weighted by Crippen LogP contribution is 2.21. The van der Waals surface area contributed by atoms with Crippen LogP contribution in [0.3, 0.4) is 0 Å². The fourth-order valence-electron chi connectivity index (χ4n) is 1.64. The van der Waals surface area contributed by atoms with Gasteiger partial charge in [0.2, 0.25) is 0 Å². The van der Waals surface area contributed by atoms with Gasteiger partial charge in [-0.05, 0) is 36.4 Å². The normalized spacial score (nSPS) is 9.52. The molecular weight excluding hydrogens is 270 g/mol. The van der Waals surface area contributed by atoms with E-state index in [1.165, 1.54) is 31.2 Å². The molecule has 0 saturated carbocycles. The zero-order valence-corrected chi connectivity index (χ0v) is 11.2. The molecule has 0 fully saturated rings. The van der Waals surface area contributed by atoms with Crippen molar-refractivity contribution in [2.75, 3.05) is 0 Å². The monoisotopic (exact) mass is 281 g/mol. The standard InChI is InChI=1S/C16H11NO4/c1-11(18)20-15-5-3-2-4-14(15)16(19)21-13-8-6-12(10-17)7-9-13/h2-9H,1H3. The van der Waals surface area contributed by atoms with Gasteiger partial charge in [0.1, 0.15) is 17.1 Å². The van der Waals surface area contributed by atoms with Crippen LogP contribution >= 0.6 is 0 Å². The van der Waals surface area contributed by atoms with E-state index in [2.05, 4.69) is 0 Å². The van der Waals surface area contributed by atoms with E-state index in [0.717, 1.165) is 0 Å². The first-order valence-electron chi connectivity index (χ1n) is 6.10. The quantitative estimate of drug-likeness (QED) is 0.638. The third-order valence-corrected chi connectivity index (χ3v) is 2.55. The van der Waals surface area contributed by atoms with E-state index in [1.807, 2.05) is 6.07 Å². The van der Waals surface area contributed by atoms with Crippen LogP contribution in [0.4, 0.5) is 0 Å². The van der Waals surface area contributed by atoms with Crippen molar-refractivity contribution in [2.24, 2.45) is 0 Å².